The molecule has 8 nitrogen and oxygen atoms in total. The van der Waals surface area contributed by atoms with Crippen LogP contribution in [0.4, 0.5) is 5.13 Å². The number of aromatic nitrogens is 1. The van der Waals surface area contributed by atoms with Crippen LogP contribution in [0.2, 0.25) is 0 Å². The van der Waals surface area contributed by atoms with Crippen molar-refractivity contribution in [2.45, 2.75) is 50.8 Å². The number of anilines is 1. The molecule has 0 spiro atoms. The monoisotopic (exact) mass is 570 g/mol. The Bertz CT molecular complexity index is 1390. The minimum atomic E-state index is -3.57. The van der Waals surface area contributed by atoms with Gasteiger partial charge in [-0.1, -0.05) is 30.2 Å². The molecule has 0 bridgehead atoms. The third kappa shape index (κ3) is 6.52. The van der Waals surface area contributed by atoms with Gasteiger partial charge in [-0.05, 0) is 74.6 Å². The van der Waals surface area contributed by atoms with Crippen molar-refractivity contribution in [3.05, 3.63) is 53.1 Å². The number of morpholine rings is 1. The molecule has 0 saturated carbocycles. The SMILES string of the molecule is Cc1cc(C)c2sc(N(CCCN3CCOCC3)C(=O)c3ccc(S(=O)(=O)N4CCCCCC4)cc3)nc2c1. The van der Waals surface area contributed by atoms with E-state index in [2.05, 4.69) is 30.9 Å². The first kappa shape index (κ1) is 28.2. The van der Waals surface area contributed by atoms with E-state index >= 15 is 0 Å². The van der Waals surface area contributed by atoms with Crippen molar-refractivity contribution in [2.75, 3.05) is 57.4 Å². The van der Waals surface area contributed by atoms with Crippen LogP contribution in [0.3, 0.4) is 0 Å². The number of hydrogen-bond acceptors (Lipinski definition) is 7. The number of carbonyl (C=O) groups is 1. The molecule has 0 N–H and O–H groups in total. The average Bonchev–Trinajstić information content (AvgIpc) is 3.15. The van der Waals surface area contributed by atoms with Crippen molar-refractivity contribution in [1.29, 1.82) is 0 Å². The lowest BCUT2D eigenvalue weighted by Crippen LogP contribution is -2.39. The smallest absolute Gasteiger partial charge is 0.260 e. The number of thiazole rings is 1. The molecule has 3 aromatic rings. The van der Waals surface area contributed by atoms with E-state index in [0.29, 0.717) is 30.3 Å². The van der Waals surface area contributed by atoms with Gasteiger partial charge in [-0.2, -0.15) is 4.31 Å². The van der Waals surface area contributed by atoms with E-state index in [1.165, 1.54) is 11.3 Å². The number of benzene rings is 2. The number of sulfonamides is 1. The van der Waals surface area contributed by atoms with Gasteiger partial charge in [-0.15, -0.1) is 0 Å². The van der Waals surface area contributed by atoms with Gasteiger partial charge in [0.2, 0.25) is 10.0 Å². The zero-order valence-electron chi connectivity index (χ0n) is 22.9. The van der Waals surface area contributed by atoms with Crippen molar-refractivity contribution in [3.63, 3.8) is 0 Å². The van der Waals surface area contributed by atoms with Gasteiger partial charge in [0.05, 0.1) is 28.3 Å². The van der Waals surface area contributed by atoms with Crippen LogP contribution in [0.25, 0.3) is 10.2 Å². The molecular weight excluding hydrogens is 532 g/mol. The van der Waals surface area contributed by atoms with Gasteiger partial charge < -0.3 is 4.74 Å². The normalized spacial score (nSPS) is 17.8. The summed E-state index contributed by atoms with van der Waals surface area (Å²) in [6.07, 6.45) is 4.70. The first-order valence-electron chi connectivity index (χ1n) is 13.9. The fourth-order valence-corrected chi connectivity index (χ4v) is 7.96. The summed E-state index contributed by atoms with van der Waals surface area (Å²) in [5.74, 6) is -0.163. The molecule has 2 fully saturated rings. The summed E-state index contributed by atoms with van der Waals surface area (Å²) in [7, 11) is -3.57. The molecule has 39 heavy (non-hydrogen) atoms. The van der Waals surface area contributed by atoms with Crippen LogP contribution in [-0.4, -0.2) is 81.0 Å². The van der Waals surface area contributed by atoms with Gasteiger partial charge in [0.1, 0.15) is 0 Å². The number of amides is 1. The Kier molecular flexibility index (Phi) is 8.98. The Morgan fingerprint density at radius 1 is 1.00 bits per heavy atom. The maximum absolute atomic E-state index is 13.9. The highest BCUT2D eigenvalue weighted by atomic mass is 32.2. The number of aryl methyl sites for hydroxylation is 2. The topological polar surface area (TPSA) is 83.0 Å². The van der Waals surface area contributed by atoms with Gasteiger partial charge >= 0.3 is 0 Å². The summed E-state index contributed by atoms with van der Waals surface area (Å²) >= 11 is 1.54. The maximum Gasteiger partial charge on any atom is 0.260 e. The number of rotatable bonds is 8. The lowest BCUT2D eigenvalue weighted by Gasteiger charge is -2.27. The fourth-order valence-electron chi connectivity index (χ4n) is 5.40. The molecule has 0 unspecified atom stereocenters. The van der Waals surface area contributed by atoms with Gasteiger partial charge in [0.25, 0.3) is 5.91 Å². The highest BCUT2D eigenvalue weighted by Crippen LogP contribution is 2.33. The predicted octanol–water partition coefficient (Wildman–Crippen LogP) is 4.85. The number of nitrogens with zero attached hydrogens (tertiary/aromatic N) is 4. The lowest BCUT2D eigenvalue weighted by atomic mass is 10.1. The zero-order valence-corrected chi connectivity index (χ0v) is 24.5. The number of hydrogen-bond donors (Lipinski definition) is 0. The zero-order chi connectivity index (χ0) is 27.4. The van der Waals surface area contributed by atoms with E-state index in [-0.39, 0.29) is 10.8 Å². The Morgan fingerprint density at radius 3 is 2.38 bits per heavy atom. The first-order chi connectivity index (χ1) is 18.8. The van der Waals surface area contributed by atoms with Crippen molar-refractivity contribution >= 4 is 42.6 Å². The van der Waals surface area contributed by atoms with Crippen molar-refractivity contribution < 1.29 is 17.9 Å². The number of fused-ring (bicyclic) bond motifs is 1. The minimum absolute atomic E-state index is 0.163. The summed E-state index contributed by atoms with van der Waals surface area (Å²) in [6, 6.07) is 10.6. The lowest BCUT2D eigenvalue weighted by molar-refractivity contribution is 0.0376. The summed E-state index contributed by atoms with van der Waals surface area (Å²) in [5, 5.41) is 0.673. The van der Waals surface area contributed by atoms with Gasteiger partial charge in [-0.25, -0.2) is 13.4 Å². The second-order valence-corrected chi connectivity index (χ2v) is 13.4. The van der Waals surface area contributed by atoms with Crippen LogP contribution in [0.15, 0.2) is 41.3 Å². The Morgan fingerprint density at radius 2 is 1.69 bits per heavy atom. The highest BCUT2D eigenvalue weighted by Gasteiger charge is 2.27. The highest BCUT2D eigenvalue weighted by molar-refractivity contribution is 7.89. The molecule has 210 valence electrons. The molecule has 1 amide bonds. The third-order valence-electron chi connectivity index (χ3n) is 7.55. The maximum atomic E-state index is 13.9. The van der Waals surface area contributed by atoms with E-state index < -0.39 is 10.0 Å². The van der Waals surface area contributed by atoms with Crippen molar-refractivity contribution in [3.8, 4) is 0 Å². The summed E-state index contributed by atoms with van der Waals surface area (Å²) < 4.78 is 34.6. The third-order valence-corrected chi connectivity index (χ3v) is 10.7. The van der Waals surface area contributed by atoms with Crippen LogP contribution in [0, 0.1) is 13.8 Å². The largest absolute Gasteiger partial charge is 0.379 e. The molecule has 0 radical (unpaired) electrons. The predicted molar refractivity (Wildman–Crippen MR) is 156 cm³/mol. The first-order valence-corrected chi connectivity index (χ1v) is 16.2. The molecule has 2 aromatic carbocycles. The van der Waals surface area contributed by atoms with E-state index in [1.54, 1.807) is 33.5 Å². The van der Waals surface area contributed by atoms with Crippen LogP contribution in [0.5, 0.6) is 0 Å². The molecule has 3 heterocycles. The molecule has 5 rings (SSSR count). The summed E-state index contributed by atoms with van der Waals surface area (Å²) in [4.78, 5) is 23.1. The second-order valence-electron chi connectivity index (χ2n) is 10.5. The van der Waals surface area contributed by atoms with Crippen LogP contribution in [0.1, 0.15) is 53.6 Å². The standard InChI is InChI=1S/C29H38N4O4S2/c1-22-20-23(2)27-26(21-22)30-29(38-27)33(15-7-12-31-16-18-37-19-17-31)28(34)24-8-10-25(11-9-24)39(35,36)32-13-5-3-4-6-14-32/h8-11,20-21H,3-7,12-19H2,1-2H3. The molecule has 2 aliphatic rings. The summed E-state index contributed by atoms with van der Waals surface area (Å²) in [6.45, 7) is 9.93. The van der Waals surface area contributed by atoms with Crippen molar-refractivity contribution in [2.24, 2.45) is 0 Å². The quantitative estimate of drug-likeness (QED) is 0.385. The molecule has 1 aromatic heterocycles. The fraction of sp³-hybridized carbons (Fsp3) is 0.517. The van der Waals surface area contributed by atoms with Gasteiger partial charge in [0.15, 0.2) is 5.13 Å². The number of ether oxygens (including phenoxy) is 1. The molecular formula is C29H38N4O4S2. The molecule has 0 aliphatic carbocycles. The van der Waals surface area contributed by atoms with Crippen LogP contribution >= 0.6 is 11.3 Å². The van der Waals surface area contributed by atoms with Gasteiger partial charge in [0, 0.05) is 44.8 Å². The van der Waals surface area contributed by atoms with E-state index in [9.17, 15) is 13.2 Å². The van der Waals surface area contributed by atoms with Crippen LogP contribution < -0.4 is 4.90 Å². The van der Waals surface area contributed by atoms with Gasteiger partial charge in [-0.3, -0.25) is 14.6 Å². The Hall–Kier alpha value is -2.37. The van der Waals surface area contributed by atoms with Crippen LogP contribution in [-0.2, 0) is 14.8 Å². The van der Waals surface area contributed by atoms with E-state index in [4.69, 9.17) is 9.72 Å². The molecule has 2 aliphatic heterocycles. The number of carbonyl (C=O) groups excluding carboxylic acids is 1. The molecule has 2 saturated heterocycles. The molecule has 0 atom stereocenters. The van der Waals surface area contributed by atoms with E-state index in [0.717, 1.165) is 86.3 Å². The average molecular weight is 571 g/mol. The second kappa shape index (κ2) is 12.4. The van der Waals surface area contributed by atoms with E-state index in [1.807, 2.05) is 0 Å². The molecule has 10 heteroatoms. The summed E-state index contributed by atoms with van der Waals surface area (Å²) in [5.41, 5.74) is 3.65. The van der Waals surface area contributed by atoms with Crippen molar-refractivity contribution in [1.82, 2.24) is 14.2 Å². The Balaban J connectivity index is 1.38. The Labute approximate surface area is 235 Å². The minimum Gasteiger partial charge on any atom is -0.379 e.